The van der Waals surface area contributed by atoms with Crippen LogP contribution in [0, 0.1) is 12.3 Å². The summed E-state index contributed by atoms with van der Waals surface area (Å²) in [5.74, 6) is 3.06. The van der Waals surface area contributed by atoms with Crippen molar-refractivity contribution >= 4 is 5.91 Å². The van der Waals surface area contributed by atoms with Crippen LogP contribution in [0.2, 0.25) is 0 Å². The SMILES string of the molecule is C#CCOc1ccc(C(=O)NCC(C)(O)c2ccco2)cc1. The minimum absolute atomic E-state index is 0.0364. The third kappa shape index (κ3) is 3.90. The van der Waals surface area contributed by atoms with Gasteiger partial charge in [-0.15, -0.1) is 6.42 Å². The van der Waals surface area contributed by atoms with E-state index in [4.69, 9.17) is 15.6 Å². The highest BCUT2D eigenvalue weighted by Crippen LogP contribution is 2.20. The smallest absolute Gasteiger partial charge is 0.251 e. The third-order valence-electron chi connectivity index (χ3n) is 3.08. The molecule has 0 saturated heterocycles. The van der Waals surface area contributed by atoms with Gasteiger partial charge in [0.1, 0.15) is 23.7 Å². The fourth-order valence-electron chi connectivity index (χ4n) is 1.85. The second-order valence-electron chi connectivity index (χ2n) is 4.95. The van der Waals surface area contributed by atoms with Crippen LogP contribution in [-0.4, -0.2) is 24.2 Å². The van der Waals surface area contributed by atoms with Crippen LogP contribution >= 0.6 is 0 Å². The standard InChI is InChI=1S/C17H17NO4/c1-3-10-21-14-8-6-13(7-9-14)16(19)18-12-17(2,20)15-5-4-11-22-15/h1,4-9,11,20H,10,12H2,2H3,(H,18,19). The van der Waals surface area contributed by atoms with E-state index in [2.05, 4.69) is 11.2 Å². The number of carbonyl (C=O) groups excluding carboxylic acids is 1. The van der Waals surface area contributed by atoms with Gasteiger partial charge in [0.15, 0.2) is 0 Å². The summed E-state index contributed by atoms with van der Waals surface area (Å²) < 4.78 is 10.4. The van der Waals surface area contributed by atoms with E-state index in [1.54, 1.807) is 43.3 Å². The molecule has 1 aromatic heterocycles. The topological polar surface area (TPSA) is 71.7 Å². The lowest BCUT2D eigenvalue weighted by atomic mass is 10.0. The van der Waals surface area contributed by atoms with Gasteiger partial charge in [-0.1, -0.05) is 5.92 Å². The summed E-state index contributed by atoms with van der Waals surface area (Å²) >= 11 is 0. The molecule has 0 bridgehead atoms. The number of hydrogen-bond donors (Lipinski definition) is 2. The van der Waals surface area contributed by atoms with E-state index in [0.29, 0.717) is 17.1 Å². The summed E-state index contributed by atoms with van der Waals surface area (Å²) in [6, 6.07) is 9.92. The zero-order chi connectivity index (χ0) is 16.0. The quantitative estimate of drug-likeness (QED) is 0.800. The molecule has 0 spiro atoms. The maximum absolute atomic E-state index is 12.1. The number of ether oxygens (including phenoxy) is 1. The maximum atomic E-state index is 12.1. The monoisotopic (exact) mass is 299 g/mol. The van der Waals surface area contributed by atoms with Crippen LogP contribution in [0.15, 0.2) is 47.1 Å². The molecule has 5 heteroatoms. The lowest BCUT2D eigenvalue weighted by Crippen LogP contribution is -2.38. The minimum atomic E-state index is -1.27. The number of carbonyl (C=O) groups is 1. The molecule has 0 saturated carbocycles. The van der Waals surface area contributed by atoms with Crippen LogP contribution in [0.3, 0.4) is 0 Å². The molecule has 22 heavy (non-hydrogen) atoms. The Morgan fingerprint density at radius 2 is 2.14 bits per heavy atom. The van der Waals surface area contributed by atoms with Crippen LogP contribution in [0.1, 0.15) is 23.0 Å². The van der Waals surface area contributed by atoms with Gasteiger partial charge in [0, 0.05) is 5.56 Å². The van der Waals surface area contributed by atoms with Crippen LogP contribution in [0.5, 0.6) is 5.75 Å². The first kappa shape index (κ1) is 15.7. The molecule has 1 unspecified atom stereocenters. The Kier molecular flexibility index (Phi) is 4.87. The maximum Gasteiger partial charge on any atom is 0.251 e. The Morgan fingerprint density at radius 1 is 1.41 bits per heavy atom. The van der Waals surface area contributed by atoms with Crippen molar-refractivity contribution in [3.63, 3.8) is 0 Å². The highest BCUT2D eigenvalue weighted by atomic mass is 16.5. The number of amides is 1. The second kappa shape index (κ2) is 6.83. The van der Waals surface area contributed by atoms with E-state index in [9.17, 15) is 9.90 Å². The lowest BCUT2D eigenvalue weighted by Gasteiger charge is -2.21. The van der Waals surface area contributed by atoms with Gasteiger partial charge >= 0.3 is 0 Å². The summed E-state index contributed by atoms with van der Waals surface area (Å²) in [5.41, 5.74) is -0.807. The summed E-state index contributed by atoms with van der Waals surface area (Å²) in [6.07, 6.45) is 6.58. The molecular weight excluding hydrogens is 282 g/mol. The van der Waals surface area contributed by atoms with Gasteiger partial charge in [0.05, 0.1) is 12.8 Å². The average Bonchev–Trinajstić information content (AvgIpc) is 3.06. The van der Waals surface area contributed by atoms with Gasteiger partial charge in [0.25, 0.3) is 5.91 Å². The largest absolute Gasteiger partial charge is 0.481 e. The Morgan fingerprint density at radius 3 is 2.73 bits per heavy atom. The number of aliphatic hydroxyl groups is 1. The third-order valence-corrected chi connectivity index (χ3v) is 3.08. The summed E-state index contributed by atoms with van der Waals surface area (Å²) in [7, 11) is 0. The molecule has 114 valence electrons. The molecule has 5 nitrogen and oxygen atoms in total. The number of terminal acetylenes is 1. The first-order valence-corrected chi connectivity index (χ1v) is 6.74. The Labute approximate surface area is 128 Å². The van der Waals surface area contributed by atoms with Crippen molar-refractivity contribution in [1.29, 1.82) is 0 Å². The predicted octanol–water partition coefficient (Wildman–Crippen LogP) is 1.93. The van der Waals surface area contributed by atoms with E-state index in [1.807, 2.05) is 0 Å². The first-order chi connectivity index (χ1) is 10.5. The minimum Gasteiger partial charge on any atom is -0.481 e. The fraction of sp³-hybridized carbons (Fsp3) is 0.235. The van der Waals surface area contributed by atoms with Gasteiger partial charge < -0.3 is 19.6 Å². The van der Waals surface area contributed by atoms with Crippen molar-refractivity contribution in [1.82, 2.24) is 5.32 Å². The van der Waals surface area contributed by atoms with Crippen molar-refractivity contribution in [2.24, 2.45) is 0 Å². The number of hydrogen-bond acceptors (Lipinski definition) is 4. The van der Waals surface area contributed by atoms with Crippen LogP contribution in [0.4, 0.5) is 0 Å². The zero-order valence-electron chi connectivity index (χ0n) is 12.2. The van der Waals surface area contributed by atoms with Crippen LogP contribution < -0.4 is 10.1 Å². The lowest BCUT2D eigenvalue weighted by molar-refractivity contribution is 0.0330. The van der Waals surface area contributed by atoms with Crippen molar-refractivity contribution < 1.29 is 19.1 Å². The van der Waals surface area contributed by atoms with Gasteiger partial charge in [-0.25, -0.2) is 0 Å². The molecule has 0 aliphatic carbocycles. The zero-order valence-corrected chi connectivity index (χ0v) is 12.2. The highest BCUT2D eigenvalue weighted by Gasteiger charge is 2.26. The summed E-state index contributed by atoms with van der Waals surface area (Å²) in [6.45, 7) is 1.79. The van der Waals surface area contributed by atoms with E-state index in [-0.39, 0.29) is 19.1 Å². The van der Waals surface area contributed by atoms with E-state index < -0.39 is 5.60 Å². The van der Waals surface area contributed by atoms with Gasteiger partial charge in [-0.2, -0.15) is 0 Å². The first-order valence-electron chi connectivity index (χ1n) is 6.74. The fourth-order valence-corrected chi connectivity index (χ4v) is 1.85. The Bertz CT molecular complexity index is 651. The van der Waals surface area contributed by atoms with E-state index in [0.717, 1.165) is 0 Å². The molecule has 0 radical (unpaired) electrons. The number of furan rings is 1. The molecule has 1 heterocycles. The number of rotatable bonds is 6. The van der Waals surface area contributed by atoms with Crippen molar-refractivity contribution in [3.8, 4) is 18.1 Å². The van der Waals surface area contributed by atoms with E-state index in [1.165, 1.54) is 6.26 Å². The molecule has 2 rings (SSSR count). The Hall–Kier alpha value is -2.71. The molecule has 1 aromatic carbocycles. The predicted molar refractivity (Wildman–Crippen MR) is 81.4 cm³/mol. The molecule has 2 N–H and O–H groups in total. The molecule has 1 amide bonds. The van der Waals surface area contributed by atoms with Gasteiger partial charge in [-0.3, -0.25) is 4.79 Å². The molecule has 1 atom stereocenters. The van der Waals surface area contributed by atoms with Crippen molar-refractivity contribution in [2.45, 2.75) is 12.5 Å². The average molecular weight is 299 g/mol. The number of benzene rings is 1. The molecule has 2 aromatic rings. The van der Waals surface area contributed by atoms with Crippen LogP contribution in [0.25, 0.3) is 0 Å². The molecule has 0 aliphatic rings. The van der Waals surface area contributed by atoms with Gasteiger partial charge in [0.2, 0.25) is 0 Å². The molecule has 0 fully saturated rings. The normalized spacial score (nSPS) is 13.0. The Balaban J connectivity index is 1.93. The van der Waals surface area contributed by atoms with Crippen molar-refractivity contribution in [2.75, 3.05) is 13.2 Å². The van der Waals surface area contributed by atoms with Crippen molar-refractivity contribution in [3.05, 3.63) is 54.0 Å². The molecular formula is C17H17NO4. The number of nitrogens with one attached hydrogen (secondary N) is 1. The van der Waals surface area contributed by atoms with Gasteiger partial charge in [-0.05, 0) is 43.3 Å². The summed E-state index contributed by atoms with van der Waals surface area (Å²) in [4.78, 5) is 12.1. The second-order valence-corrected chi connectivity index (χ2v) is 4.95. The van der Waals surface area contributed by atoms with E-state index >= 15 is 0 Å². The summed E-state index contributed by atoms with van der Waals surface area (Å²) in [5, 5.41) is 12.9. The van der Waals surface area contributed by atoms with Crippen LogP contribution in [-0.2, 0) is 5.60 Å². The highest BCUT2D eigenvalue weighted by molar-refractivity contribution is 5.94. The molecule has 0 aliphatic heterocycles.